The van der Waals surface area contributed by atoms with Gasteiger partial charge in [0.2, 0.25) is 5.82 Å². The first-order valence-corrected chi connectivity index (χ1v) is 8.76. The maximum absolute atomic E-state index is 13.3. The number of rotatable bonds is 4. The van der Waals surface area contributed by atoms with Crippen LogP contribution in [0.4, 0.5) is 10.1 Å². The first-order chi connectivity index (χ1) is 13.6. The minimum Gasteiger partial charge on any atom is -0.319 e. The molecule has 1 N–H and O–H groups in total. The number of hydrogen-bond donors (Lipinski definition) is 1. The van der Waals surface area contributed by atoms with E-state index in [2.05, 4.69) is 15.4 Å². The highest BCUT2D eigenvalue weighted by Gasteiger charge is 2.19. The summed E-state index contributed by atoms with van der Waals surface area (Å²) in [5.41, 5.74) is 3.17. The summed E-state index contributed by atoms with van der Waals surface area (Å²) in [6.07, 6.45) is 0. The van der Waals surface area contributed by atoms with Crippen molar-refractivity contribution in [2.24, 2.45) is 0 Å². The molecule has 1 amide bonds. The molecule has 1 aromatic heterocycles. The minimum absolute atomic E-state index is 0.0313. The summed E-state index contributed by atoms with van der Waals surface area (Å²) in [4.78, 5) is 17.1. The van der Waals surface area contributed by atoms with Crippen molar-refractivity contribution in [1.82, 2.24) is 14.8 Å². The molecule has 28 heavy (non-hydrogen) atoms. The molecule has 5 nitrogen and oxygen atoms in total. The van der Waals surface area contributed by atoms with Crippen LogP contribution in [-0.2, 0) is 0 Å². The maximum Gasteiger partial charge on any atom is 0.295 e. The second kappa shape index (κ2) is 7.44. The highest BCUT2D eigenvalue weighted by Crippen LogP contribution is 2.22. The van der Waals surface area contributed by atoms with Gasteiger partial charge in [-0.2, -0.15) is 0 Å². The van der Waals surface area contributed by atoms with Gasteiger partial charge in [0.05, 0.1) is 5.69 Å². The minimum atomic E-state index is -0.415. The van der Waals surface area contributed by atoms with Crippen molar-refractivity contribution in [3.05, 3.63) is 96.1 Å². The molecule has 0 atom stereocenters. The van der Waals surface area contributed by atoms with Crippen LogP contribution in [0, 0.1) is 12.7 Å². The molecule has 0 radical (unpaired) electrons. The zero-order valence-electron chi connectivity index (χ0n) is 15.1. The Labute approximate surface area is 161 Å². The summed E-state index contributed by atoms with van der Waals surface area (Å²) in [6, 6.07) is 22.8. The van der Waals surface area contributed by atoms with Gasteiger partial charge in [-0.15, -0.1) is 5.10 Å². The molecule has 0 aliphatic heterocycles. The average molecular weight is 372 g/mol. The molecule has 0 saturated carbocycles. The van der Waals surface area contributed by atoms with E-state index < -0.39 is 5.91 Å². The molecule has 138 valence electrons. The number of nitrogens with zero attached hydrogens (tertiary/aromatic N) is 3. The summed E-state index contributed by atoms with van der Waals surface area (Å²) >= 11 is 0. The zero-order chi connectivity index (χ0) is 19.5. The van der Waals surface area contributed by atoms with E-state index in [1.807, 2.05) is 61.5 Å². The fraction of sp³-hybridized carbons (Fsp3) is 0.0455. The number of carbonyl (C=O) groups is 1. The Morgan fingerprint density at radius 1 is 0.929 bits per heavy atom. The Morgan fingerprint density at radius 3 is 2.29 bits per heavy atom. The summed E-state index contributed by atoms with van der Waals surface area (Å²) in [5, 5.41) is 7.17. The molecule has 0 aliphatic rings. The first kappa shape index (κ1) is 17.6. The van der Waals surface area contributed by atoms with E-state index in [0.717, 1.165) is 11.1 Å². The van der Waals surface area contributed by atoms with Crippen molar-refractivity contribution < 1.29 is 9.18 Å². The third-order valence-corrected chi connectivity index (χ3v) is 4.22. The fourth-order valence-corrected chi connectivity index (χ4v) is 2.77. The number of hydrogen-bond acceptors (Lipinski definition) is 3. The normalized spacial score (nSPS) is 10.6. The summed E-state index contributed by atoms with van der Waals surface area (Å²) in [5.74, 6) is -0.227. The summed E-state index contributed by atoms with van der Waals surface area (Å²) in [6.45, 7) is 1.98. The molecule has 0 aliphatic carbocycles. The molecule has 0 saturated heterocycles. The molecule has 4 rings (SSSR count). The van der Waals surface area contributed by atoms with Crippen LogP contribution >= 0.6 is 0 Å². The van der Waals surface area contributed by atoms with Crippen LogP contribution in [0.15, 0.2) is 78.9 Å². The van der Waals surface area contributed by atoms with E-state index >= 15 is 0 Å². The van der Waals surface area contributed by atoms with Crippen molar-refractivity contribution >= 4 is 11.6 Å². The van der Waals surface area contributed by atoms with Crippen LogP contribution in [0.1, 0.15) is 16.2 Å². The summed E-state index contributed by atoms with van der Waals surface area (Å²) < 4.78 is 14.9. The Balaban J connectivity index is 1.73. The van der Waals surface area contributed by atoms with E-state index in [-0.39, 0.29) is 11.6 Å². The molecular weight excluding hydrogens is 355 g/mol. The van der Waals surface area contributed by atoms with Crippen molar-refractivity contribution in [3.63, 3.8) is 0 Å². The number of aromatic nitrogens is 3. The van der Waals surface area contributed by atoms with E-state index in [1.165, 1.54) is 12.1 Å². The molecule has 4 aromatic rings. The summed E-state index contributed by atoms with van der Waals surface area (Å²) in [7, 11) is 0. The topological polar surface area (TPSA) is 59.8 Å². The molecule has 6 heteroatoms. The first-order valence-electron chi connectivity index (χ1n) is 8.76. The van der Waals surface area contributed by atoms with Crippen LogP contribution in [0.5, 0.6) is 0 Å². The second-order valence-corrected chi connectivity index (χ2v) is 6.33. The highest BCUT2D eigenvalue weighted by atomic mass is 19.1. The quantitative estimate of drug-likeness (QED) is 0.568. The van der Waals surface area contributed by atoms with Gasteiger partial charge < -0.3 is 5.32 Å². The van der Waals surface area contributed by atoms with E-state index in [1.54, 1.807) is 16.8 Å². The van der Waals surface area contributed by atoms with Crippen LogP contribution in [0.25, 0.3) is 17.1 Å². The predicted molar refractivity (Wildman–Crippen MR) is 106 cm³/mol. The van der Waals surface area contributed by atoms with Crippen molar-refractivity contribution in [2.45, 2.75) is 6.92 Å². The Kier molecular flexibility index (Phi) is 4.68. The van der Waals surface area contributed by atoms with Gasteiger partial charge >= 0.3 is 0 Å². The van der Waals surface area contributed by atoms with Gasteiger partial charge in [-0.05, 0) is 43.3 Å². The fourth-order valence-electron chi connectivity index (χ4n) is 2.77. The lowest BCUT2D eigenvalue weighted by atomic mass is 10.2. The van der Waals surface area contributed by atoms with Gasteiger partial charge in [0.25, 0.3) is 5.91 Å². The monoisotopic (exact) mass is 372 g/mol. The van der Waals surface area contributed by atoms with Gasteiger partial charge in [-0.25, -0.2) is 14.1 Å². The highest BCUT2D eigenvalue weighted by molar-refractivity contribution is 6.01. The number of amides is 1. The number of aryl methyl sites for hydroxylation is 1. The predicted octanol–water partition coefficient (Wildman–Crippen LogP) is 4.63. The third kappa shape index (κ3) is 3.66. The number of carbonyl (C=O) groups excluding carboxylic acids is 1. The third-order valence-electron chi connectivity index (χ3n) is 4.22. The van der Waals surface area contributed by atoms with E-state index in [4.69, 9.17) is 0 Å². The smallest absolute Gasteiger partial charge is 0.295 e. The molecule has 1 heterocycles. The molecular formula is C22H17FN4O. The molecule has 0 fully saturated rings. The van der Waals surface area contributed by atoms with Crippen molar-refractivity contribution in [2.75, 3.05) is 5.32 Å². The van der Waals surface area contributed by atoms with Crippen LogP contribution in [0.3, 0.4) is 0 Å². The Morgan fingerprint density at radius 2 is 1.61 bits per heavy atom. The Bertz CT molecular complexity index is 1100. The number of nitrogens with one attached hydrogen (secondary N) is 1. The van der Waals surface area contributed by atoms with Crippen LogP contribution < -0.4 is 5.32 Å². The maximum atomic E-state index is 13.3. The van der Waals surface area contributed by atoms with E-state index in [0.29, 0.717) is 17.2 Å². The average Bonchev–Trinajstić information content (AvgIpc) is 3.16. The van der Waals surface area contributed by atoms with Gasteiger partial charge in [0, 0.05) is 11.3 Å². The number of anilines is 1. The lowest BCUT2D eigenvalue weighted by Gasteiger charge is -2.05. The zero-order valence-corrected chi connectivity index (χ0v) is 15.1. The second-order valence-electron chi connectivity index (χ2n) is 6.33. The van der Waals surface area contributed by atoms with Crippen molar-refractivity contribution in [1.29, 1.82) is 0 Å². The van der Waals surface area contributed by atoms with E-state index in [9.17, 15) is 9.18 Å². The lowest BCUT2D eigenvalue weighted by Crippen LogP contribution is -2.14. The number of benzene rings is 3. The molecule has 0 spiro atoms. The van der Waals surface area contributed by atoms with Gasteiger partial charge in [0.15, 0.2) is 5.82 Å². The lowest BCUT2D eigenvalue weighted by molar-refractivity contribution is 0.101. The van der Waals surface area contributed by atoms with Crippen molar-refractivity contribution in [3.8, 4) is 17.1 Å². The molecule has 0 bridgehead atoms. The standard InChI is InChI=1S/C22H17FN4O/c1-15-7-11-18(12-8-15)24-22(28)20-25-21(16-5-3-2-4-6-16)27(26-20)19-13-9-17(23)10-14-19/h2-14H,1H3,(H,24,28). The molecule has 3 aromatic carbocycles. The van der Waals surface area contributed by atoms with Gasteiger partial charge in [0.1, 0.15) is 5.82 Å². The largest absolute Gasteiger partial charge is 0.319 e. The van der Waals surface area contributed by atoms with Gasteiger partial charge in [-0.1, -0.05) is 48.0 Å². The SMILES string of the molecule is Cc1ccc(NC(=O)c2nc(-c3ccccc3)n(-c3ccc(F)cc3)n2)cc1. The van der Waals surface area contributed by atoms with Crippen LogP contribution in [-0.4, -0.2) is 20.7 Å². The Hall–Kier alpha value is -3.80. The number of halogens is 1. The van der Waals surface area contributed by atoms with Gasteiger partial charge in [-0.3, -0.25) is 4.79 Å². The van der Waals surface area contributed by atoms with Crippen LogP contribution in [0.2, 0.25) is 0 Å². The molecule has 0 unspecified atom stereocenters.